The zero-order chi connectivity index (χ0) is 6.97. The minimum absolute atomic E-state index is 0.679. The summed E-state index contributed by atoms with van der Waals surface area (Å²) in [6.45, 7) is 0. The highest BCUT2D eigenvalue weighted by molar-refractivity contribution is 8.01. The SMILES string of the molecule is N=C1CSC2CCCCC12. The molecule has 2 unspecified atom stereocenters. The third-order valence-electron chi connectivity index (χ3n) is 2.60. The fraction of sp³-hybridized carbons (Fsp3) is 0.875. The van der Waals surface area contributed by atoms with Crippen molar-refractivity contribution in [1.82, 2.24) is 0 Å². The lowest BCUT2D eigenvalue weighted by Gasteiger charge is -2.23. The summed E-state index contributed by atoms with van der Waals surface area (Å²) < 4.78 is 0. The molecule has 2 aliphatic rings. The number of nitrogens with one attached hydrogen (secondary N) is 1. The Bertz CT molecular complexity index is 155. The predicted octanol–water partition coefficient (Wildman–Crippen LogP) is 2.31. The van der Waals surface area contributed by atoms with Crippen molar-refractivity contribution in [2.45, 2.75) is 30.9 Å². The van der Waals surface area contributed by atoms with Crippen molar-refractivity contribution in [3.63, 3.8) is 0 Å². The molecule has 0 spiro atoms. The molecule has 10 heavy (non-hydrogen) atoms. The summed E-state index contributed by atoms with van der Waals surface area (Å²) in [7, 11) is 0. The van der Waals surface area contributed by atoms with Crippen molar-refractivity contribution in [3.8, 4) is 0 Å². The molecule has 2 rings (SSSR count). The van der Waals surface area contributed by atoms with Crippen LogP contribution in [0.25, 0.3) is 0 Å². The summed E-state index contributed by atoms with van der Waals surface area (Å²) in [5, 5.41) is 8.49. The van der Waals surface area contributed by atoms with E-state index >= 15 is 0 Å². The van der Waals surface area contributed by atoms with E-state index in [1.807, 2.05) is 11.8 Å². The minimum atomic E-state index is 0.679. The first-order valence-electron chi connectivity index (χ1n) is 4.07. The van der Waals surface area contributed by atoms with Gasteiger partial charge in [0.25, 0.3) is 0 Å². The van der Waals surface area contributed by atoms with Crippen molar-refractivity contribution < 1.29 is 0 Å². The van der Waals surface area contributed by atoms with Gasteiger partial charge in [-0.15, -0.1) is 0 Å². The van der Waals surface area contributed by atoms with Crippen LogP contribution in [0.4, 0.5) is 0 Å². The van der Waals surface area contributed by atoms with Gasteiger partial charge in [0, 0.05) is 22.6 Å². The lowest BCUT2D eigenvalue weighted by Crippen LogP contribution is -2.21. The lowest BCUT2D eigenvalue weighted by atomic mass is 9.86. The van der Waals surface area contributed by atoms with E-state index in [0.29, 0.717) is 5.92 Å². The average molecular weight is 155 g/mol. The van der Waals surface area contributed by atoms with Crippen LogP contribution in [0, 0.1) is 11.3 Å². The summed E-state index contributed by atoms with van der Waals surface area (Å²) in [6, 6.07) is 0. The first kappa shape index (κ1) is 6.71. The fourth-order valence-electron chi connectivity index (χ4n) is 2.00. The van der Waals surface area contributed by atoms with Gasteiger partial charge in [-0.1, -0.05) is 12.8 Å². The molecule has 0 aromatic carbocycles. The second kappa shape index (κ2) is 2.57. The Morgan fingerprint density at radius 1 is 1.30 bits per heavy atom. The van der Waals surface area contributed by atoms with Gasteiger partial charge in [0.2, 0.25) is 0 Å². The van der Waals surface area contributed by atoms with Crippen molar-refractivity contribution in [2.24, 2.45) is 5.92 Å². The Morgan fingerprint density at radius 3 is 2.90 bits per heavy atom. The van der Waals surface area contributed by atoms with E-state index < -0.39 is 0 Å². The molecule has 0 aromatic rings. The van der Waals surface area contributed by atoms with Gasteiger partial charge < -0.3 is 5.41 Å². The Kier molecular flexibility index (Phi) is 1.73. The van der Waals surface area contributed by atoms with Gasteiger partial charge in [-0.25, -0.2) is 0 Å². The number of hydrogen-bond donors (Lipinski definition) is 1. The topological polar surface area (TPSA) is 23.9 Å². The van der Waals surface area contributed by atoms with Crippen LogP contribution in [0.5, 0.6) is 0 Å². The van der Waals surface area contributed by atoms with Crippen LogP contribution in [0.3, 0.4) is 0 Å². The van der Waals surface area contributed by atoms with Gasteiger partial charge in [0.1, 0.15) is 0 Å². The molecule has 1 N–H and O–H groups in total. The maximum atomic E-state index is 7.65. The zero-order valence-electron chi connectivity index (χ0n) is 6.10. The Morgan fingerprint density at radius 2 is 2.10 bits per heavy atom. The number of thioether (sulfide) groups is 1. The summed E-state index contributed by atoms with van der Waals surface area (Å²) in [5.74, 6) is 1.70. The second-order valence-electron chi connectivity index (χ2n) is 3.27. The highest BCUT2D eigenvalue weighted by atomic mass is 32.2. The molecule has 0 radical (unpaired) electrons. The van der Waals surface area contributed by atoms with Crippen LogP contribution in [0.2, 0.25) is 0 Å². The predicted molar refractivity (Wildman–Crippen MR) is 45.9 cm³/mol. The number of rotatable bonds is 0. The average Bonchev–Trinajstić information content (AvgIpc) is 2.34. The van der Waals surface area contributed by atoms with Crippen LogP contribution in [-0.2, 0) is 0 Å². The van der Waals surface area contributed by atoms with Crippen LogP contribution < -0.4 is 0 Å². The first-order valence-corrected chi connectivity index (χ1v) is 5.12. The van der Waals surface area contributed by atoms with Crippen molar-refractivity contribution >= 4 is 17.5 Å². The highest BCUT2D eigenvalue weighted by Crippen LogP contribution is 2.39. The number of hydrogen-bond acceptors (Lipinski definition) is 2. The molecule has 56 valence electrons. The van der Waals surface area contributed by atoms with Gasteiger partial charge >= 0.3 is 0 Å². The molecule has 0 aromatic heterocycles. The maximum absolute atomic E-state index is 7.65. The quantitative estimate of drug-likeness (QED) is 0.570. The summed E-state index contributed by atoms with van der Waals surface area (Å²) in [4.78, 5) is 0. The molecular formula is C8H13NS. The fourth-order valence-corrected chi connectivity index (χ4v) is 3.47. The third kappa shape index (κ3) is 0.986. The molecule has 1 aliphatic carbocycles. The zero-order valence-corrected chi connectivity index (χ0v) is 6.91. The summed E-state index contributed by atoms with van der Waals surface area (Å²) in [5.41, 5.74) is 1.02. The molecule has 1 saturated heterocycles. The molecule has 2 atom stereocenters. The minimum Gasteiger partial charge on any atom is -0.308 e. The van der Waals surface area contributed by atoms with Gasteiger partial charge in [-0.05, 0) is 12.8 Å². The van der Waals surface area contributed by atoms with Crippen molar-refractivity contribution in [3.05, 3.63) is 0 Å². The van der Waals surface area contributed by atoms with Crippen LogP contribution in [0.1, 0.15) is 25.7 Å². The molecule has 1 aliphatic heterocycles. The summed E-state index contributed by atoms with van der Waals surface area (Å²) >= 11 is 2.01. The van der Waals surface area contributed by atoms with Gasteiger partial charge in [0.05, 0.1) is 0 Å². The van der Waals surface area contributed by atoms with E-state index in [0.717, 1.165) is 16.7 Å². The Labute approximate surface area is 66.1 Å². The van der Waals surface area contributed by atoms with E-state index in [1.165, 1.54) is 25.7 Å². The molecule has 0 amide bonds. The van der Waals surface area contributed by atoms with Crippen LogP contribution >= 0.6 is 11.8 Å². The Hall–Kier alpha value is 0.0200. The maximum Gasteiger partial charge on any atom is 0.0318 e. The van der Waals surface area contributed by atoms with Gasteiger partial charge in [-0.3, -0.25) is 0 Å². The molecule has 2 heteroatoms. The molecular weight excluding hydrogens is 142 g/mol. The largest absolute Gasteiger partial charge is 0.308 e. The first-order chi connectivity index (χ1) is 4.88. The standard InChI is InChI=1S/C8H13NS/c9-7-5-10-8-4-2-1-3-6(7)8/h6,8-9H,1-5H2. The van der Waals surface area contributed by atoms with E-state index in [4.69, 9.17) is 5.41 Å². The van der Waals surface area contributed by atoms with E-state index in [1.54, 1.807) is 0 Å². The molecule has 1 heterocycles. The van der Waals surface area contributed by atoms with E-state index in [9.17, 15) is 0 Å². The molecule has 0 bridgehead atoms. The van der Waals surface area contributed by atoms with E-state index in [-0.39, 0.29) is 0 Å². The molecule has 1 saturated carbocycles. The van der Waals surface area contributed by atoms with Crippen LogP contribution in [-0.4, -0.2) is 16.7 Å². The lowest BCUT2D eigenvalue weighted by molar-refractivity contribution is 0.457. The monoisotopic (exact) mass is 155 g/mol. The number of fused-ring (bicyclic) bond motifs is 1. The molecule has 2 fully saturated rings. The highest BCUT2D eigenvalue weighted by Gasteiger charge is 2.33. The van der Waals surface area contributed by atoms with Crippen molar-refractivity contribution in [1.29, 1.82) is 5.41 Å². The van der Waals surface area contributed by atoms with Crippen LogP contribution in [0.15, 0.2) is 0 Å². The Balaban J connectivity index is 2.08. The molecule has 1 nitrogen and oxygen atoms in total. The van der Waals surface area contributed by atoms with Gasteiger partial charge in [-0.2, -0.15) is 11.8 Å². The third-order valence-corrected chi connectivity index (χ3v) is 4.07. The van der Waals surface area contributed by atoms with E-state index in [2.05, 4.69) is 0 Å². The van der Waals surface area contributed by atoms with Gasteiger partial charge in [0.15, 0.2) is 0 Å². The smallest absolute Gasteiger partial charge is 0.0318 e. The second-order valence-corrected chi connectivity index (χ2v) is 4.49. The van der Waals surface area contributed by atoms with Crippen molar-refractivity contribution in [2.75, 3.05) is 5.75 Å². The normalized spacial score (nSPS) is 39.8. The summed E-state index contributed by atoms with van der Waals surface area (Å²) in [6.07, 6.45) is 5.44.